The van der Waals surface area contributed by atoms with Crippen molar-refractivity contribution in [2.75, 3.05) is 23.8 Å². The minimum Gasteiger partial charge on any atom is -0.482 e. The molecule has 24 heteroatoms. The fourth-order valence-electron chi connectivity index (χ4n) is 6.99. The summed E-state index contributed by atoms with van der Waals surface area (Å²) in [5, 5.41) is 23.9. The lowest BCUT2D eigenvalue weighted by molar-refractivity contribution is -0.119. The van der Waals surface area contributed by atoms with Crippen molar-refractivity contribution in [1.82, 2.24) is 60.4 Å². The predicted octanol–water partition coefficient (Wildman–Crippen LogP) is 2.91. The van der Waals surface area contributed by atoms with Gasteiger partial charge < -0.3 is 41.4 Å². The van der Waals surface area contributed by atoms with E-state index in [1.165, 1.54) is 12.1 Å². The maximum atomic E-state index is 14.3. The van der Waals surface area contributed by atoms with E-state index in [1.54, 1.807) is 85.3 Å². The minimum atomic E-state index is -0.774. The van der Waals surface area contributed by atoms with Crippen LogP contribution < -0.4 is 41.4 Å². The Morgan fingerprint density at radius 2 is 1.09 bits per heavy atom. The average Bonchev–Trinajstić information content (AvgIpc) is 3.96. The van der Waals surface area contributed by atoms with Crippen LogP contribution in [0.1, 0.15) is 64.3 Å². The number of aromatic nitrogens is 8. The molecule has 8 heterocycles. The maximum absolute atomic E-state index is 14.3. The number of nitrogens with one attached hydrogen (secondary N) is 6. The molecular formula is C46H36F2N14O8. The molecule has 352 valence electrons. The Balaban J connectivity index is 0.000000174. The predicted molar refractivity (Wildman–Crippen MR) is 240 cm³/mol. The molecule has 0 spiro atoms. The zero-order valence-electron chi connectivity index (χ0n) is 36.2. The van der Waals surface area contributed by atoms with Gasteiger partial charge in [-0.2, -0.15) is 10.2 Å². The van der Waals surface area contributed by atoms with Gasteiger partial charge in [0.25, 0.3) is 35.4 Å². The van der Waals surface area contributed by atoms with E-state index in [0.717, 1.165) is 27.0 Å². The van der Waals surface area contributed by atoms with Crippen molar-refractivity contribution in [2.45, 2.75) is 26.2 Å². The van der Waals surface area contributed by atoms with Gasteiger partial charge >= 0.3 is 0 Å². The topological polar surface area (TPSA) is 279 Å². The number of anilines is 2. The first-order valence-electron chi connectivity index (χ1n) is 21.1. The van der Waals surface area contributed by atoms with Gasteiger partial charge in [0.05, 0.1) is 36.0 Å². The molecule has 0 radical (unpaired) electrons. The quantitative estimate of drug-likeness (QED) is 0.103. The molecule has 8 aromatic rings. The van der Waals surface area contributed by atoms with Gasteiger partial charge in [-0.3, -0.25) is 38.7 Å². The van der Waals surface area contributed by atoms with Crippen LogP contribution in [0.15, 0.2) is 110 Å². The number of fused-ring (bicyclic) bond motifs is 4. The van der Waals surface area contributed by atoms with Crippen LogP contribution in [-0.2, 0) is 35.8 Å². The highest BCUT2D eigenvalue weighted by Gasteiger charge is 2.23. The molecule has 6 aromatic heterocycles. The normalized spacial score (nSPS) is 12.4. The van der Waals surface area contributed by atoms with E-state index in [4.69, 9.17) is 9.47 Å². The third-order valence-electron chi connectivity index (χ3n) is 10.4. The summed E-state index contributed by atoms with van der Waals surface area (Å²) in [5.74, 6) is -3.41. The minimum absolute atomic E-state index is 0.0541. The first-order chi connectivity index (χ1) is 33.9. The fraction of sp³-hybridized carbons (Fsp3) is 0.130. The van der Waals surface area contributed by atoms with Crippen LogP contribution in [0.2, 0.25) is 0 Å². The monoisotopic (exact) mass is 950 g/mol. The largest absolute Gasteiger partial charge is 0.482 e. The van der Waals surface area contributed by atoms with Crippen molar-refractivity contribution in [1.29, 1.82) is 0 Å². The van der Waals surface area contributed by atoms with Crippen molar-refractivity contribution < 1.29 is 47.0 Å². The number of amides is 6. The second-order valence-corrected chi connectivity index (χ2v) is 15.3. The highest BCUT2D eigenvalue weighted by atomic mass is 19.1. The molecule has 0 aliphatic carbocycles. The highest BCUT2D eigenvalue weighted by Crippen LogP contribution is 2.29. The number of nitrogens with zero attached hydrogens (tertiary/aromatic N) is 8. The van der Waals surface area contributed by atoms with E-state index in [9.17, 15) is 37.5 Å². The first-order valence-corrected chi connectivity index (χ1v) is 21.1. The van der Waals surface area contributed by atoms with E-state index in [-0.39, 0.29) is 85.3 Å². The Labute approximate surface area is 392 Å². The van der Waals surface area contributed by atoms with E-state index >= 15 is 0 Å². The summed E-state index contributed by atoms with van der Waals surface area (Å²) in [6, 6.07) is 21.5. The van der Waals surface area contributed by atoms with Gasteiger partial charge in [-0.1, -0.05) is 24.3 Å². The number of carbonyl (C=O) groups excluding carboxylic acids is 6. The van der Waals surface area contributed by atoms with Gasteiger partial charge in [0, 0.05) is 50.4 Å². The maximum Gasteiger partial charge on any atom is 0.270 e. The molecule has 2 aliphatic heterocycles. The fourth-order valence-corrected chi connectivity index (χ4v) is 6.99. The highest BCUT2D eigenvalue weighted by molar-refractivity contribution is 6.00. The van der Waals surface area contributed by atoms with Gasteiger partial charge in [0.1, 0.15) is 34.3 Å². The number of rotatable bonds is 12. The molecule has 10 rings (SSSR count). The van der Waals surface area contributed by atoms with E-state index < -0.39 is 35.3 Å². The van der Waals surface area contributed by atoms with E-state index in [2.05, 4.69) is 62.0 Å². The molecule has 22 nitrogen and oxygen atoms in total. The Morgan fingerprint density at radius 3 is 1.59 bits per heavy atom. The molecule has 0 fully saturated rings. The molecule has 0 unspecified atom stereocenters. The van der Waals surface area contributed by atoms with E-state index in [0.29, 0.717) is 39.7 Å². The van der Waals surface area contributed by atoms with Crippen molar-refractivity contribution in [3.05, 3.63) is 167 Å². The lowest BCUT2D eigenvalue weighted by Gasteiger charge is -2.18. The Kier molecular flexibility index (Phi) is 13.0. The number of halogens is 2. The molecule has 0 atom stereocenters. The summed E-state index contributed by atoms with van der Waals surface area (Å²) in [4.78, 5) is 90.6. The Hall–Kier alpha value is -9.74. The molecule has 6 amide bonds. The number of carbonyl (C=O) groups is 6. The zero-order chi connectivity index (χ0) is 48.7. The molecule has 2 aromatic carbocycles. The van der Waals surface area contributed by atoms with E-state index in [1.807, 2.05) is 0 Å². The van der Waals surface area contributed by atoms with Crippen LogP contribution in [0.3, 0.4) is 0 Å². The standard InChI is InChI=1S/2C23H18FN7O4/c24-15-11-28-31-18(23(34)27-10-14-2-1-5-25-8-14)7-17(30-21(15)31)22(33)26-9-13-3-4-19-16(6-13)29-20(32)12-35-19;24-15-11-28-31-18(23(34)27-10-14-3-1-2-6-25-14)8-17(30-21(15)31)22(33)26-9-13-4-5-19-16(7-13)29-20(32)12-35-19/h2*1-8,11H,9-10,12H2,(H,26,33)(H,27,34)(H,29,32). The van der Waals surface area contributed by atoms with Gasteiger partial charge in [-0.15, -0.1) is 0 Å². The molecular weight excluding hydrogens is 915 g/mol. The summed E-state index contributed by atoms with van der Waals surface area (Å²) in [6.07, 6.45) is 6.66. The van der Waals surface area contributed by atoms with Crippen molar-refractivity contribution in [2.24, 2.45) is 0 Å². The smallest absolute Gasteiger partial charge is 0.270 e. The first kappa shape index (κ1) is 45.4. The number of benzene rings is 2. The summed E-state index contributed by atoms with van der Waals surface area (Å²) in [5.41, 5.74) is 2.84. The van der Waals surface area contributed by atoms with Gasteiger partial charge in [0.2, 0.25) is 0 Å². The summed E-state index contributed by atoms with van der Waals surface area (Å²) >= 11 is 0. The number of pyridine rings is 2. The van der Waals surface area contributed by atoms with Crippen molar-refractivity contribution in [3.8, 4) is 11.5 Å². The Bertz CT molecular complexity index is 3130. The molecule has 0 bridgehead atoms. The third kappa shape index (κ3) is 10.3. The third-order valence-corrected chi connectivity index (χ3v) is 10.4. The SMILES string of the molecule is O=C1COc2ccc(CNC(=O)c3cc(C(=O)NCc4ccccn4)n4ncc(F)c4n3)cc2N1.O=C1COc2ccc(CNC(=O)c3cc(C(=O)NCc4cccnc4)n4ncc(F)c4n3)cc2N1. The van der Waals surface area contributed by atoms with Crippen molar-refractivity contribution in [3.63, 3.8) is 0 Å². The zero-order valence-corrected chi connectivity index (χ0v) is 36.2. The molecule has 6 N–H and O–H groups in total. The van der Waals surface area contributed by atoms with Gasteiger partial charge in [-0.25, -0.2) is 27.8 Å². The van der Waals surface area contributed by atoms with Crippen LogP contribution in [0.5, 0.6) is 11.5 Å². The van der Waals surface area contributed by atoms with Crippen LogP contribution in [0, 0.1) is 11.6 Å². The molecule has 0 saturated carbocycles. The second-order valence-electron chi connectivity index (χ2n) is 15.3. The van der Waals surface area contributed by atoms with Crippen LogP contribution in [-0.4, -0.2) is 87.8 Å². The molecule has 0 saturated heterocycles. The molecule has 2 aliphatic rings. The van der Waals surface area contributed by atoms with Gasteiger partial charge in [-0.05, 0) is 59.2 Å². The molecule has 70 heavy (non-hydrogen) atoms. The number of ether oxygens (including phenoxy) is 2. The van der Waals surface area contributed by atoms with Crippen LogP contribution in [0.4, 0.5) is 20.2 Å². The van der Waals surface area contributed by atoms with Crippen LogP contribution in [0.25, 0.3) is 11.3 Å². The van der Waals surface area contributed by atoms with Crippen LogP contribution >= 0.6 is 0 Å². The lowest BCUT2D eigenvalue weighted by Crippen LogP contribution is -2.29. The summed E-state index contributed by atoms with van der Waals surface area (Å²) < 4.78 is 41.2. The van der Waals surface area contributed by atoms with Crippen molar-refractivity contribution >= 4 is 58.1 Å². The Morgan fingerprint density at radius 1 is 0.571 bits per heavy atom. The van der Waals surface area contributed by atoms with Gasteiger partial charge in [0.15, 0.2) is 36.1 Å². The number of hydrogen-bond donors (Lipinski definition) is 6. The second kappa shape index (κ2) is 20.0. The number of hydrogen-bond acceptors (Lipinski definition) is 14. The summed E-state index contributed by atoms with van der Waals surface area (Å²) in [7, 11) is 0. The summed E-state index contributed by atoms with van der Waals surface area (Å²) in [6.45, 7) is 0.394. The lowest BCUT2D eigenvalue weighted by atomic mass is 10.1. The average molecular weight is 951 g/mol.